The number of benzene rings is 6. The van der Waals surface area contributed by atoms with E-state index in [1.165, 1.54) is 0 Å². The van der Waals surface area contributed by atoms with Crippen LogP contribution in [0.3, 0.4) is 0 Å². The van der Waals surface area contributed by atoms with Crippen molar-refractivity contribution in [3.63, 3.8) is 0 Å². The molecule has 0 heterocycles. The monoisotopic (exact) mass is 478 g/mol. The van der Waals surface area contributed by atoms with Crippen molar-refractivity contribution in [2.45, 2.75) is 0 Å². The number of hydrogen-bond acceptors (Lipinski definition) is 3. The average molecular weight is 479 g/mol. The second-order valence-electron chi connectivity index (χ2n) is 8.82. The zero-order chi connectivity index (χ0) is 25.2. The Bertz CT molecular complexity index is 1640. The Morgan fingerprint density at radius 2 is 0.730 bits per heavy atom. The van der Waals surface area contributed by atoms with E-state index in [9.17, 15) is 9.59 Å². The van der Waals surface area contributed by atoms with E-state index >= 15 is 0 Å². The molecule has 0 bridgehead atoms. The van der Waals surface area contributed by atoms with Crippen LogP contribution in [-0.4, -0.2) is 11.9 Å². The minimum Gasteiger partial charge on any atom is -0.386 e. The van der Waals surface area contributed by atoms with Crippen LogP contribution in [0, 0.1) is 0 Å². The van der Waals surface area contributed by atoms with Gasteiger partial charge in [-0.15, -0.1) is 0 Å². The van der Waals surface area contributed by atoms with Gasteiger partial charge in [-0.3, -0.25) is 0 Å². The topological polar surface area (TPSA) is 43.4 Å². The Hall–Kier alpha value is -5.02. The van der Waals surface area contributed by atoms with E-state index in [-0.39, 0.29) is 0 Å². The molecule has 0 fully saturated rings. The third-order valence-corrected chi connectivity index (χ3v) is 6.64. The number of hydrogen-bond donors (Lipinski definition) is 0. The molecular weight excluding hydrogens is 456 g/mol. The molecule has 6 aromatic rings. The van der Waals surface area contributed by atoms with E-state index in [0.717, 1.165) is 43.8 Å². The van der Waals surface area contributed by atoms with Crippen molar-refractivity contribution in [3.05, 3.63) is 145 Å². The molecule has 0 aromatic heterocycles. The summed E-state index contributed by atoms with van der Waals surface area (Å²) in [6, 6.07) is 42.7. The van der Waals surface area contributed by atoms with Gasteiger partial charge in [0, 0.05) is 0 Å². The minimum atomic E-state index is -0.669. The van der Waals surface area contributed by atoms with Crippen molar-refractivity contribution in [2.75, 3.05) is 0 Å². The first-order valence-electron chi connectivity index (χ1n) is 12.1. The van der Waals surface area contributed by atoms with Gasteiger partial charge in [-0.2, -0.15) is 0 Å². The third-order valence-electron chi connectivity index (χ3n) is 6.64. The van der Waals surface area contributed by atoms with Crippen LogP contribution in [0.25, 0.3) is 43.8 Å². The minimum absolute atomic E-state index is 0.355. The lowest BCUT2D eigenvalue weighted by Crippen LogP contribution is -2.14. The van der Waals surface area contributed by atoms with Gasteiger partial charge >= 0.3 is 11.9 Å². The van der Waals surface area contributed by atoms with Crippen molar-refractivity contribution in [2.24, 2.45) is 0 Å². The van der Waals surface area contributed by atoms with Gasteiger partial charge in [0.1, 0.15) is 0 Å². The van der Waals surface area contributed by atoms with E-state index < -0.39 is 11.9 Å². The predicted molar refractivity (Wildman–Crippen MR) is 149 cm³/mol. The van der Waals surface area contributed by atoms with Crippen molar-refractivity contribution in [1.29, 1.82) is 0 Å². The molecule has 0 saturated carbocycles. The van der Waals surface area contributed by atoms with Crippen LogP contribution in [0.1, 0.15) is 20.7 Å². The molecule has 0 aliphatic rings. The van der Waals surface area contributed by atoms with Crippen molar-refractivity contribution < 1.29 is 14.3 Å². The average Bonchev–Trinajstić information content (AvgIpc) is 2.96. The Labute approximate surface area is 214 Å². The molecule has 6 aromatic carbocycles. The molecule has 3 heteroatoms. The van der Waals surface area contributed by atoms with E-state index in [4.69, 9.17) is 4.74 Å². The Morgan fingerprint density at radius 1 is 0.378 bits per heavy atom. The quantitative estimate of drug-likeness (QED) is 0.189. The summed E-state index contributed by atoms with van der Waals surface area (Å²) in [6.45, 7) is 0. The zero-order valence-corrected chi connectivity index (χ0v) is 19.9. The van der Waals surface area contributed by atoms with Gasteiger partial charge < -0.3 is 4.74 Å². The molecule has 3 nitrogen and oxygen atoms in total. The molecule has 37 heavy (non-hydrogen) atoms. The molecule has 0 unspecified atom stereocenters. The van der Waals surface area contributed by atoms with Crippen molar-refractivity contribution in [1.82, 2.24) is 0 Å². The van der Waals surface area contributed by atoms with Gasteiger partial charge in [-0.25, -0.2) is 9.59 Å². The summed E-state index contributed by atoms with van der Waals surface area (Å²) in [4.78, 5) is 26.5. The van der Waals surface area contributed by atoms with Gasteiger partial charge in [0.25, 0.3) is 0 Å². The highest BCUT2D eigenvalue weighted by Crippen LogP contribution is 2.33. The van der Waals surface area contributed by atoms with E-state index in [1.54, 1.807) is 12.1 Å². The largest absolute Gasteiger partial charge is 0.386 e. The summed E-state index contributed by atoms with van der Waals surface area (Å²) in [7, 11) is 0. The molecule has 0 saturated heterocycles. The van der Waals surface area contributed by atoms with Gasteiger partial charge in [-0.05, 0) is 55.9 Å². The molecule has 176 valence electrons. The summed E-state index contributed by atoms with van der Waals surface area (Å²) >= 11 is 0. The van der Waals surface area contributed by atoms with Crippen LogP contribution in [-0.2, 0) is 4.74 Å². The van der Waals surface area contributed by atoms with Gasteiger partial charge in [0.05, 0.1) is 11.1 Å². The SMILES string of the molecule is O=C(OC(=O)c1ccc(-c2ccccc2)c2ccccc12)c1ccc(-c2ccccc2)c2ccccc12. The first-order chi connectivity index (χ1) is 18.2. The highest BCUT2D eigenvalue weighted by Gasteiger charge is 2.21. The summed E-state index contributed by atoms with van der Waals surface area (Å²) in [5, 5.41) is 3.33. The van der Waals surface area contributed by atoms with Crippen LogP contribution >= 0.6 is 0 Å². The van der Waals surface area contributed by atoms with E-state index in [0.29, 0.717) is 11.1 Å². The molecule has 0 aliphatic carbocycles. The van der Waals surface area contributed by atoms with Gasteiger partial charge in [0.15, 0.2) is 0 Å². The summed E-state index contributed by atoms with van der Waals surface area (Å²) in [6.07, 6.45) is 0. The highest BCUT2D eigenvalue weighted by atomic mass is 16.6. The maximum atomic E-state index is 13.3. The molecule has 0 spiro atoms. The fourth-order valence-corrected chi connectivity index (χ4v) is 4.89. The lowest BCUT2D eigenvalue weighted by atomic mass is 9.94. The zero-order valence-electron chi connectivity index (χ0n) is 19.9. The standard InChI is InChI=1S/C34H22O3/c35-33(31-21-19-25(23-11-3-1-4-12-23)27-15-7-9-17-29(27)31)37-34(36)32-22-20-26(24-13-5-2-6-14-24)28-16-8-10-18-30(28)32/h1-22H. The lowest BCUT2D eigenvalue weighted by Gasteiger charge is -2.13. The van der Waals surface area contributed by atoms with Gasteiger partial charge in [-0.1, -0.05) is 121 Å². The smallest absolute Gasteiger partial charge is 0.346 e. The lowest BCUT2D eigenvalue weighted by molar-refractivity contribution is 0.0400. The fraction of sp³-hybridized carbons (Fsp3) is 0. The second kappa shape index (κ2) is 9.56. The first-order valence-corrected chi connectivity index (χ1v) is 12.1. The molecule has 0 amide bonds. The summed E-state index contributed by atoms with van der Waals surface area (Å²) in [5.41, 5.74) is 4.85. The Kier molecular flexibility index (Phi) is 5.80. The summed E-state index contributed by atoms with van der Waals surface area (Å²) < 4.78 is 5.45. The molecule has 6 rings (SSSR count). The van der Waals surface area contributed by atoms with Crippen LogP contribution in [0.5, 0.6) is 0 Å². The third kappa shape index (κ3) is 4.17. The number of esters is 2. The van der Waals surface area contributed by atoms with Crippen molar-refractivity contribution in [3.8, 4) is 22.3 Å². The highest BCUT2D eigenvalue weighted by molar-refractivity contribution is 6.15. The Balaban J connectivity index is 1.36. The predicted octanol–water partition coefficient (Wildman–Crippen LogP) is 8.32. The number of fused-ring (bicyclic) bond motifs is 2. The number of ether oxygens (including phenoxy) is 1. The molecule has 0 atom stereocenters. The van der Waals surface area contributed by atoms with E-state index in [2.05, 4.69) is 0 Å². The van der Waals surface area contributed by atoms with Crippen LogP contribution in [0.2, 0.25) is 0 Å². The van der Waals surface area contributed by atoms with E-state index in [1.807, 2.05) is 121 Å². The maximum absolute atomic E-state index is 13.3. The number of carbonyl (C=O) groups is 2. The fourth-order valence-electron chi connectivity index (χ4n) is 4.89. The molecule has 0 N–H and O–H groups in total. The second-order valence-corrected chi connectivity index (χ2v) is 8.82. The number of rotatable bonds is 4. The first kappa shape index (κ1) is 22.4. The van der Waals surface area contributed by atoms with Crippen molar-refractivity contribution >= 4 is 33.5 Å². The van der Waals surface area contributed by atoms with Gasteiger partial charge in [0.2, 0.25) is 0 Å². The summed E-state index contributed by atoms with van der Waals surface area (Å²) in [5.74, 6) is -1.34. The maximum Gasteiger partial charge on any atom is 0.346 e. The molecule has 0 radical (unpaired) electrons. The molecular formula is C34H22O3. The number of carbonyl (C=O) groups excluding carboxylic acids is 2. The van der Waals surface area contributed by atoms with Crippen LogP contribution in [0.15, 0.2) is 133 Å². The van der Waals surface area contributed by atoms with Crippen LogP contribution < -0.4 is 0 Å². The van der Waals surface area contributed by atoms with Crippen LogP contribution in [0.4, 0.5) is 0 Å². The molecule has 0 aliphatic heterocycles. The normalized spacial score (nSPS) is 10.9. The Morgan fingerprint density at radius 3 is 1.14 bits per heavy atom.